The number of hydrogen-bond donors (Lipinski definition) is 3. The number of aliphatic hydroxyl groups excluding tert-OH is 1. The van der Waals surface area contributed by atoms with E-state index in [9.17, 15) is 5.11 Å². The Bertz CT molecular complexity index is 920. The summed E-state index contributed by atoms with van der Waals surface area (Å²) < 4.78 is 5.63. The van der Waals surface area contributed by atoms with Crippen LogP contribution in [-0.4, -0.2) is 42.3 Å². The van der Waals surface area contributed by atoms with Crippen LogP contribution in [0.4, 0.5) is 0 Å². The number of benzene rings is 2. The molecule has 0 fully saturated rings. The second-order valence-electron chi connectivity index (χ2n) is 7.20. The normalized spacial score (nSPS) is 12.6. The van der Waals surface area contributed by atoms with Gasteiger partial charge in [-0.1, -0.05) is 48.0 Å². The quantitative estimate of drug-likeness (QED) is 0.374. The van der Waals surface area contributed by atoms with Gasteiger partial charge >= 0.3 is 0 Å². The molecule has 1 aromatic heterocycles. The standard InChI is InChI=1S/C24H30N4O2/c1-3-25-24(27-15-21(16-29)19-7-5-4-6-8-19)26-14-13-22-17-30-23(28-22)20-11-9-18(2)10-12-20/h4-12,17,21,29H,3,13-16H2,1-2H3,(H2,25,26,27). The maximum atomic E-state index is 9.73. The molecule has 3 rings (SSSR count). The van der Waals surface area contributed by atoms with Crippen molar-refractivity contribution in [2.75, 3.05) is 26.2 Å². The van der Waals surface area contributed by atoms with Gasteiger partial charge in [-0.15, -0.1) is 0 Å². The molecular formula is C24H30N4O2. The Kier molecular flexibility index (Phi) is 8.03. The van der Waals surface area contributed by atoms with Gasteiger partial charge in [0.1, 0.15) is 6.26 Å². The zero-order valence-electron chi connectivity index (χ0n) is 17.6. The second kappa shape index (κ2) is 11.2. The summed E-state index contributed by atoms with van der Waals surface area (Å²) in [5.74, 6) is 1.35. The first-order valence-electron chi connectivity index (χ1n) is 10.4. The molecule has 1 heterocycles. The second-order valence-corrected chi connectivity index (χ2v) is 7.20. The van der Waals surface area contributed by atoms with Gasteiger partial charge in [-0.05, 0) is 31.5 Å². The van der Waals surface area contributed by atoms with Crippen LogP contribution in [0.5, 0.6) is 0 Å². The topological polar surface area (TPSA) is 82.7 Å². The molecule has 2 aromatic carbocycles. The molecule has 0 aliphatic rings. The molecule has 6 nitrogen and oxygen atoms in total. The Hall–Kier alpha value is -3.12. The molecule has 0 radical (unpaired) electrons. The number of guanidine groups is 1. The van der Waals surface area contributed by atoms with Gasteiger partial charge in [0.15, 0.2) is 5.96 Å². The molecule has 0 saturated carbocycles. The number of aliphatic hydroxyl groups is 1. The van der Waals surface area contributed by atoms with Crippen LogP contribution >= 0.6 is 0 Å². The van der Waals surface area contributed by atoms with Crippen LogP contribution < -0.4 is 10.6 Å². The number of rotatable bonds is 9. The number of aromatic nitrogens is 1. The predicted molar refractivity (Wildman–Crippen MR) is 121 cm³/mol. The number of nitrogens with zero attached hydrogens (tertiary/aromatic N) is 2. The lowest BCUT2D eigenvalue weighted by Gasteiger charge is -2.15. The highest BCUT2D eigenvalue weighted by Crippen LogP contribution is 2.19. The highest BCUT2D eigenvalue weighted by atomic mass is 16.3. The molecule has 0 amide bonds. The molecule has 1 atom stereocenters. The highest BCUT2D eigenvalue weighted by Gasteiger charge is 2.10. The van der Waals surface area contributed by atoms with E-state index < -0.39 is 0 Å². The van der Waals surface area contributed by atoms with Gasteiger partial charge in [-0.2, -0.15) is 0 Å². The summed E-state index contributed by atoms with van der Waals surface area (Å²) in [4.78, 5) is 9.22. The first kappa shape index (κ1) is 21.6. The Morgan fingerprint density at radius 3 is 2.57 bits per heavy atom. The lowest BCUT2D eigenvalue weighted by molar-refractivity contribution is 0.268. The van der Waals surface area contributed by atoms with Gasteiger partial charge in [-0.3, -0.25) is 4.99 Å². The molecule has 0 aliphatic heterocycles. The Morgan fingerprint density at radius 1 is 1.10 bits per heavy atom. The summed E-state index contributed by atoms with van der Waals surface area (Å²) >= 11 is 0. The molecule has 0 bridgehead atoms. The molecule has 0 saturated heterocycles. The van der Waals surface area contributed by atoms with E-state index in [1.807, 2.05) is 49.4 Å². The number of aliphatic imine (C=N–C) groups is 1. The summed E-state index contributed by atoms with van der Waals surface area (Å²) in [5, 5.41) is 16.3. The van der Waals surface area contributed by atoms with Gasteiger partial charge in [0, 0.05) is 31.0 Å². The number of hydrogen-bond acceptors (Lipinski definition) is 4. The zero-order chi connectivity index (χ0) is 21.2. The average molecular weight is 407 g/mol. The van der Waals surface area contributed by atoms with E-state index in [1.54, 1.807) is 6.26 Å². The Labute approximate surface area is 178 Å². The molecule has 3 N–H and O–H groups in total. The van der Waals surface area contributed by atoms with Crippen LogP contribution in [0.2, 0.25) is 0 Å². The van der Waals surface area contributed by atoms with Crippen molar-refractivity contribution in [1.29, 1.82) is 0 Å². The van der Waals surface area contributed by atoms with Crippen molar-refractivity contribution < 1.29 is 9.52 Å². The van der Waals surface area contributed by atoms with Crippen LogP contribution in [0, 0.1) is 6.92 Å². The molecule has 6 heteroatoms. The monoisotopic (exact) mass is 406 g/mol. The molecule has 158 valence electrons. The lowest BCUT2D eigenvalue weighted by atomic mass is 10.0. The third-order valence-electron chi connectivity index (χ3n) is 4.83. The molecule has 0 aliphatic carbocycles. The maximum absolute atomic E-state index is 9.73. The van der Waals surface area contributed by atoms with E-state index in [1.165, 1.54) is 5.56 Å². The minimum absolute atomic E-state index is 0.0192. The third-order valence-corrected chi connectivity index (χ3v) is 4.83. The van der Waals surface area contributed by atoms with Crippen LogP contribution in [0.25, 0.3) is 11.5 Å². The van der Waals surface area contributed by atoms with Crippen molar-refractivity contribution in [3.8, 4) is 11.5 Å². The van der Waals surface area contributed by atoms with E-state index in [0.717, 1.165) is 35.7 Å². The fraction of sp³-hybridized carbons (Fsp3) is 0.333. The number of nitrogens with one attached hydrogen (secondary N) is 2. The Morgan fingerprint density at radius 2 is 1.87 bits per heavy atom. The zero-order valence-corrected chi connectivity index (χ0v) is 17.6. The van der Waals surface area contributed by atoms with E-state index in [4.69, 9.17) is 4.42 Å². The number of aryl methyl sites for hydroxylation is 1. The summed E-state index contributed by atoms with van der Waals surface area (Å²) in [6, 6.07) is 18.1. The summed E-state index contributed by atoms with van der Waals surface area (Å²) in [7, 11) is 0. The van der Waals surface area contributed by atoms with Crippen LogP contribution in [0.15, 0.2) is 70.3 Å². The van der Waals surface area contributed by atoms with E-state index in [0.29, 0.717) is 19.0 Å². The molecular weight excluding hydrogens is 376 g/mol. The minimum Gasteiger partial charge on any atom is -0.444 e. The summed E-state index contributed by atoms with van der Waals surface area (Å²) in [6.45, 7) is 6.11. The van der Waals surface area contributed by atoms with E-state index >= 15 is 0 Å². The molecule has 3 aromatic rings. The van der Waals surface area contributed by atoms with Gasteiger partial charge < -0.3 is 20.2 Å². The van der Waals surface area contributed by atoms with Crippen LogP contribution in [0.1, 0.15) is 29.7 Å². The van der Waals surface area contributed by atoms with Gasteiger partial charge in [-0.25, -0.2) is 4.98 Å². The largest absolute Gasteiger partial charge is 0.444 e. The fourth-order valence-electron chi connectivity index (χ4n) is 3.10. The smallest absolute Gasteiger partial charge is 0.226 e. The van der Waals surface area contributed by atoms with Crippen LogP contribution in [-0.2, 0) is 6.42 Å². The minimum atomic E-state index is -0.0192. The van der Waals surface area contributed by atoms with Crippen LogP contribution in [0.3, 0.4) is 0 Å². The van der Waals surface area contributed by atoms with Crippen molar-refractivity contribution in [1.82, 2.24) is 15.6 Å². The molecule has 0 spiro atoms. The van der Waals surface area contributed by atoms with Gasteiger partial charge in [0.2, 0.25) is 5.89 Å². The third kappa shape index (κ3) is 6.19. The fourth-order valence-corrected chi connectivity index (χ4v) is 3.10. The first-order valence-corrected chi connectivity index (χ1v) is 10.4. The lowest BCUT2D eigenvalue weighted by Crippen LogP contribution is -2.38. The predicted octanol–water partition coefficient (Wildman–Crippen LogP) is 3.52. The van der Waals surface area contributed by atoms with Crippen molar-refractivity contribution >= 4 is 5.96 Å². The van der Waals surface area contributed by atoms with Gasteiger partial charge in [0.05, 0.1) is 18.8 Å². The molecule has 30 heavy (non-hydrogen) atoms. The average Bonchev–Trinajstić information content (AvgIpc) is 3.24. The summed E-state index contributed by atoms with van der Waals surface area (Å²) in [6.07, 6.45) is 2.43. The molecule has 1 unspecified atom stereocenters. The van der Waals surface area contributed by atoms with Crippen molar-refractivity contribution in [3.63, 3.8) is 0 Å². The van der Waals surface area contributed by atoms with E-state index in [-0.39, 0.29) is 12.5 Å². The van der Waals surface area contributed by atoms with Crippen molar-refractivity contribution in [3.05, 3.63) is 77.7 Å². The maximum Gasteiger partial charge on any atom is 0.226 e. The first-order chi connectivity index (χ1) is 14.7. The van der Waals surface area contributed by atoms with Crippen molar-refractivity contribution in [2.45, 2.75) is 26.2 Å². The summed E-state index contributed by atoms with van der Waals surface area (Å²) in [5.41, 5.74) is 4.17. The van der Waals surface area contributed by atoms with E-state index in [2.05, 4.69) is 39.7 Å². The van der Waals surface area contributed by atoms with Crippen molar-refractivity contribution in [2.24, 2.45) is 4.99 Å². The Balaban J connectivity index is 1.54. The van der Waals surface area contributed by atoms with Gasteiger partial charge in [0.25, 0.3) is 0 Å². The number of oxazole rings is 1. The SMILES string of the molecule is CCNC(=NCC(CO)c1ccccc1)NCCc1coc(-c2ccc(C)cc2)n1. The highest BCUT2D eigenvalue weighted by molar-refractivity contribution is 5.79.